The lowest BCUT2D eigenvalue weighted by atomic mass is 10.1. The number of thiophene rings is 1. The topological polar surface area (TPSA) is 142 Å². The minimum absolute atomic E-state index is 0.133. The number of hydrogen-bond donors (Lipinski definition) is 2. The van der Waals surface area contributed by atoms with Crippen LogP contribution in [-0.2, 0) is 16.1 Å². The summed E-state index contributed by atoms with van der Waals surface area (Å²) < 4.78 is 29.8. The van der Waals surface area contributed by atoms with Gasteiger partial charge in [-0.2, -0.15) is 10.2 Å². The molecule has 1 aliphatic heterocycles. The summed E-state index contributed by atoms with van der Waals surface area (Å²) in [5, 5.41) is 13.4. The van der Waals surface area contributed by atoms with Gasteiger partial charge in [-0.3, -0.25) is 14.2 Å². The molecular weight excluding hydrogens is 752 g/mol. The maximum atomic E-state index is 15.0. The van der Waals surface area contributed by atoms with Gasteiger partial charge in [-0.05, 0) is 66.2 Å². The largest absolute Gasteiger partial charge is 0.496 e. The number of carbonyl (C=O) groups excluding carboxylic acids is 1. The molecule has 15 heteroatoms. The van der Waals surface area contributed by atoms with Crippen LogP contribution in [0.1, 0.15) is 62.8 Å². The van der Waals surface area contributed by atoms with Gasteiger partial charge >= 0.3 is 5.69 Å². The Labute approximate surface area is 328 Å². The molecule has 56 heavy (non-hydrogen) atoms. The van der Waals surface area contributed by atoms with Crippen LogP contribution >= 0.6 is 11.3 Å². The minimum atomic E-state index is -3.30. The molecule has 292 valence electrons. The van der Waals surface area contributed by atoms with Crippen LogP contribution in [0.5, 0.6) is 5.75 Å². The van der Waals surface area contributed by atoms with Crippen LogP contribution in [0.3, 0.4) is 0 Å². The second kappa shape index (κ2) is 16.1. The average molecular weight is 797 g/mol. The number of nitrogens with one attached hydrogen (secondary N) is 1. The number of carbonyl (C=O) groups is 1. The zero-order valence-electron chi connectivity index (χ0n) is 31.8. The smallest absolute Gasteiger partial charge is 0.332 e. The summed E-state index contributed by atoms with van der Waals surface area (Å²) in [5.41, 5.74) is -0.326. The van der Waals surface area contributed by atoms with Crippen molar-refractivity contribution in [2.24, 2.45) is 0 Å². The molecule has 1 saturated heterocycles. The Bertz CT molecular complexity index is 2410. The molecule has 0 radical (unpaired) electrons. The molecule has 3 aromatic carbocycles. The van der Waals surface area contributed by atoms with Crippen molar-refractivity contribution in [3.05, 3.63) is 129 Å². The number of aryl methyl sites for hydroxylation is 1. The van der Waals surface area contributed by atoms with E-state index in [1.165, 1.54) is 58.4 Å². The fourth-order valence-corrected chi connectivity index (χ4v) is 12.9. The van der Waals surface area contributed by atoms with Gasteiger partial charge in [-0.1, -0.05) is 85.8 Å². The highest BCUT2D eigenvalue weighted by Gasteiger charge is 2.49. The fraction of sp³-hybridized carbons (Fsp3) is 0.341. The van der Waals surface area contributed by atoms with Gasteiger partial charge in [0, 0.05) is 24.3 Å². The van der Waals surface area contributed by atoms with Crippen LogP contribution in [0.15, 0.2) is 101 Å². The molecule has 1 fully saturated rings. The quantitative estimate of drug-likeness (QED) is 0.119. The van der Waals surface area contributed by atoms with Crippen molar-refractivity contribution in [2.45, 2.75) is 70.2 Å². The van der Waals surface area contributed by atoms with E-state index in [4.69, 9.17) is 9.47 Å². The van der Waals surface area contributed by atoms with E-state index in [1.54, 1.807) is 6.92 Å². The van der Waals surface area contributed by atoms with Crippen molar-refractivity contribution >= 4 is 46.2 Å². The Morgan fingerprint density at radius 2 is 1.68 bits per heavy atom. The highest BCUT2D eigenvalue weighted by molar-refractivity contribution is 7.21. The molecule has 4 heterocycles. The van der Waals surface area contributed by atoms with Crippen LogP contribution in [0.25, 0.3) is 15.2 Å². The summed E-state index contributed by atoms with van der Waals surface area (Å²) >= 11 is 1.18. The lowest BCUT2D eigenvalue weighted by Crippen LogP contribution is -2.65. The number of ether oxygens (including phenoxy) is 2. The van der Waals surface area contributed by atoms with Crippen molar-refractivity contribution in [1.29, 1.82) is 0 Å². The summed E-state index contributed by atoms with van der Waals surface area (Å²) in [4.78, 5) is 56.5. The fourth-order valence-electron chi connectivity index (χ4n) is 7.89. The number of benzene rings is 3. The standard InChI is InChI=1S/C41H45FN6O6SSi/c1-27-35-37(50)47(32-17-11-21-43-36(32)49)40(51)46(39(35)55-38(27)48-44-22-23-45-48)26-34(31-25-28(42)18-19-33(31)53-4)54-24-12-20-41(2,3)56(52,29-13-7-5-8-14-29)30-15-9-6-10-16-30/h5-10,13-16,18-19,22-23,25,32,34,52H,11-12,17,20-21,24,26H2,1-4H3,(H,43,49)/t32-,34-/m0/s1. The van der Waals surface area contributed by atoms with Gasteiger partial charge in [0.15, 0.2) is 0 Å². The normalized spacial score (nSPS) is 15.5. The molecule has 6 aromatic rings. The average Bonchev–Trinajstić information content (AvgIpc) is 3.86. The number of amides is 1. The third-order valence-electron chi connectivity index (χ3n) is 10.9. The maximum absolute atomic E-state index is 15.0. The molecule has 12 nitrogen and oxygen atoms in total. The van der Waals surface area contributed by atoms with E-state index < -0.39 is 48.5 Å². The number of halogens is 1. The van der Waals surface area contributed by atoms with E-state index in [1.807, 2.05) is 60.7 Å². The number of fused-ring (bicyclic) bond motifs is 1. The van der Waals surface area contributed by atoms with Crippen molar-refractivity contribution in [2.75, 3.05) is 20.3 Å². The van der Waals surface area contributed by atoms with Gasteiger partial charge in [0.05, 0.1) is 31.4 Å². The van der Waals surface area contributed by atoms with E-state index in [2.05, 4.69) is 29.4 Å². The van der Waals surface area contributed by atoms with Crippen LogP contribution in [0.4, 0.5) is 4.39 Å². The van der Waals surface area contributed by atoms with Crippen LogP contribution in [0.2, 0.25) is 5.04 Å². The lowest BCUT2D eigenvalue weighted by molar-refractivity contribution is -0.126. The monoisotopic (exact) mass is 796 g/mol. The highest BCUT2D eigenvalue weighted by atomic mass is 32.1. The van der Waals surface area contributed by atoms with E-state index in [0.29, 0.717) is 58.9 Å². The van der Waals surface area contributed by atoms with Gasteiger partial charge in [-0.15, -0.1) is 4.80 Å². The molecule has 0 aliphatic carbocycles. The number of methoxy groups -OCH3 is 1. The third kappa shape index (κ3) is 7.15. The van der Waals surface area contributed by atoms with Crippen LogP contribution in [0, 0.1) is 12.7 Å². The van der Waals surface area contributed by atoms with Crippen LogP contribution in [-0.4, -0.2) is 63.4 Å². The first kappa shape index (κ1) is 39.0. The Hall–Kier alpha value is -5.22. The summed E-state index contributed by atoms with van der Waals surface area (Å²) in [6.07, 6.45) is 4.14. The van der Waals surface area contributed by atoms with Crippen LogP contribution < -0.4 is 31.7 Å². The molecule has 2 atom stereocenters. The Morgan fingerprint density at radius 1 is 1.02 bits per heavy atom. The zero-order chi connectivity index (χ0) is 39.6. The minimum Gasteiger partial charge on any atom is -0.496 e. The van der Waals surface area contributed by atoms with Crippen molar-refractivity contribution in [3.8, 4) is 10.8 Å². The maximum Gasteiger partial charge on any atom is 0.332 e. The zero-order valence-corrected chi connectivity index (χ0v) is 33.6. The molecule has 1 aliphatic rings. The number of nitrogens with zero attached hydrogens (tertiary/aromatic N) is 5. The molecule has 2 N–H and O–H groups in total. The van der Waals surface area contributed by atoms with E-state index in [0.717, 1.165) is 14.9 Å². The summed E-state index contributed by atoms with van der Waals surface area (Å²) in [6, 6.07) is 22.7. The molecule has 0 unspecified atom stereocenters. The summed E-state index contributed by atoms with van der Waals surface area (Å²) in [5.74, 6) is -0.558. The first-order valence-electron chi connectivity index (χ1n) is 18.7. The van der Waals surface area contributed by atoms with Gasteiger partial charge in [0.2, 0.25) is 5.91 Å². The Morgan fingerprint density at radius 3 is 2.30 bits per heavy atom. The third-order valence-corrected chi connectivity index (χ3v) is 16.7. The van der Waals surface area contributed by atoms with Gasteiger partial charge in [-0.25, -0.2) is 13.8 Å². The number of hydrogen-bond acceptors (Lipinski definition) is 9. The van der Waals surface area contributed by atoms with Gasteiger partial charge in [0.25, 0.3) is 13.9 Å². The van der Waals surface area contributed by atoms with E-state index in [9.17, 15) is 19.2 Å². The van der Waals surface area contributed by atoms with Crippen molar-refractivity contribution < 1.29 is 23.5 Å². The van der Waals surface area contributed by atoms with E-state index in [-0.39, 0.29) is 18.5 Å². The molecule has 0 saturated carbocycles. The van der Waals surface area contributed by atoms with Gasteiger partial charge < -0.3 is 19.6 Å². The molecule has 0 bridgehead atoms. The molecule has 0 spiro atoms. The predicted octanol–water partition coefficient (Wildman–Crippen LogP) is 4.78. The summed E-state index contributed by atoms with van der Waals surface area (Å²) in [7, 11) is -1.82. The SMILES string of the molecule is COc1ccc(F)cc1[C@H](Cn1c(=O)n([C@H]2CCCNC2=O)c(=O)c2c(C)c(-n3nccn3)sc21)OCCCC(C)(C)[Si](O)(c1ccccc1)c1ccccc1. The lowest BCUT2D eigenvalue weighted by Gasteiger charge is -2.41. The molecular formula is C41H45FN6O6SSi. The van der Waals surface area contributed by atoms with Crippen molar-refractivity contribution in [1.82, 2.24) is 29.4 Å². The second-order valence-corrected chi connectivity index (χ2v) is 19.6. The molecule has 1 amide bonds. The number of rotatable bonds is 14. The molecule has 3 aromatic heterocycles. The highest BCUT2D eigenvalue weighted by Crippen LogP contribution is 2.40. The predicted molar refractivity (Wildman–Crippen MR) is 216 cm³/mol. The Balaban J connectivity index is 1.28. The number of piperidine rings is 1. The Kier molecular flexibility index (Phi) is 11.2. The first-order chi connectivity index (χ1) is 27.0. The number of aromatic nitrogens is 5. The molecule has 7 rings (SSSR count). The second-order valence-electron chi connectivity index (χ2n) is 14.7. The van der Waals surface area contributed by atoms with E-state index >= 15 is 4.39 Å². The first-order valence-corrected chi connectivity index (χ1v) is 21.4. The summed E-state index contributed by atoms with van der Waals surface area (Å²) in [6.45, 7) is 6.44. The van der Waals surface area contributed by atoms with Crippen molar-refractivity contribution in [3.63, 3.8) is 0 Å². The van der Waals surface area contributed by atoms with Gasteiger partial charge in [0.1, 0.15) is 33.5 Å².